The number of nitrogens with one attached hydrogen (secondary N) is 1. The van der Waals surface area contributed by atoms with Gasteiger partial charge in [-0.15, -0.1) is 0 Å². The Morgan fingerprint density at radius 3 is 2.47 bits per heavy atom. The van der Waals surface area contributed by atoms with Gasteiger partial charge in [0, 0.05) is 34.4 Å². The van der Waals surface area contributed by atoms with Crippen molar-refractivity contribution in [3.8, 4) is 11.1 Å². The van der Waals surface area contributed by atoms with Gasteiger partial charge in [-0.1, -0.05) is 44.2 Å². The summed E-state index contributed by atoms with van der Waals surface area (Å²) in [6.45, 7) is 5.62. The molecule has 0 saturated carbocycles. The molecule has 2 aromatic heterocycles. The molecule has 34 heavy (non-hydrogen) atoms. The predicted octanol–water partition coefficient (Wildman–Crippen LogP) is 5.06. The minimum Gasteiger partial charge on any atom is -0.480 e. The number of hydrogen-bond acceptors (Lipinski definition) is 5. The van der Waals surface area contributed by atoms with E-state index in [1.54, 1.807) is 12.3 Å². The molecule has 0 aliphatic rings. The van der Waals surface area contributed by atoms with Gasteiger partial charge in [0.25, 0.3) is 0 Å². The molecule has 0 aliphatic heterocycles. The van der Waals surface area contributed by atoms with E-state index in [4.69, 9.17) is 8.83 Å². The molecule has 2 N–H and O–H groups in total. The zero-order chi connectivity index (χ0) is 24.4. The van der Waals surface area contributed by atoms with E-state index in [1.165, 1.54) is 0 Å². The molecule has 2 heterocycles. The van der Waals surface area contributed by atoms with Gasteiger partial charge < -0.3 is 19.3 Å². The summed E-state index contributed by atoms with van der Waals surface area (Å²) >= 11 is 0. The van der Waals surface area contributed by atoms with Crippen LogP contribution in [0.1, 0.15) is 37.8 Å². The van der Waals surface area contributed by atoms with E-state index in [1.807, 2.05) is 57.2 Å². The molecular formula is C27H27NO6. The van der Waals surface area contributed by atoms with Crippen LogP contribution in [-0.2, 0) is 16.0 Å². The van der Waals surface area contributed by atoms with Gasteiger partial charge in [-0.25, -0.2) is 9.59 Å². The molecule has 7 heteroatoms. The summed E-state index contributed by atoms with van der Waals surface area (Å²) < 4.78 is 11.3. The van der Waals surface area contributed by atoms with E-state index in [2.05, 4.69) is 5.32 Å². The Bertz CT molecular complexity index is 1410. The summed E-state index contributed by atoms with van der Waals surface area (Å²) in [5.74, 6) is -1.36. The van der Waals surface area contributed by atoms with E-state index in [9.17, 15) is 19.5 Å². The Labute approximate surface area is 196 Å². The van der Waals surface area contributed by atoms with Gasteiger partial charge in [-0.3, -0.25) is 4.79 Å². The lowest BCUT2D eigenvalue weighted by molar-refractivity contribution is -0.142. The smallest absolute Gasteiger partial charge is 0.339 e. The lowest BCUT2D eigenvalue weighted by Gasteiger charge is -2.16. The summed E-state index contributed by atoms with van der Waals surface area (Å²) in [5, 5.41) is 13.6. The molecule has 2 aromatic carbocycles. The van der Waals surface area contributed by atoms with Crippen molar-refractivity contribution in [3.63, 3.8) is 0 Å². The van der Waals surface area contributed by atoms with Crippen LogP contribution in [0.4, 0.5) is 0 Å². The number of hydrogen-bond donors (Lipinski definition) is 2. The van der Waals surface area contributed by atoms with Gasteiger partial charge >= 0.3 is 11.6 Å². The number of carbonyl (C=O) groups excluding carboxylic acids is 1. The number of amides is 1. The van der Waals surface area contributed by atoms with Crippen molar-refractivity contribution in [3.05, 3.63) is 70.3 Å². The first-order chi connectivity index (χ1) is 16.2. The van der Waals surface area contributed by atoms with E-state index in [-0.39, 0.29) is 18.8 Å². The van der Waals surface area contributed by atoms with Crippen LogP contribution in [-0.4, -0.2) is 23.0 Å². The van der Waals surface area contributed by atoms with Crippen LogP contribution in [0.3, 0.4) is 0 Å². The highest BCUT2D eigenvalue weighted by Crippen LogP contribution is 2.34. The average Bonchev–Trinajstić information content (AvgIpc) is 3.20. The Balaban J connectivity index is 1.63. The molecule has 1 atom stereocenters. The lowest BCUT2D eigenvalue weighted by Crippen LogP contribution is -2.41. The molecule has 0 saturated heterocycles. The van der Waals surface area contributed by atoms with Gasteiger partial charge in [0.15, 0.2) is 0 Å². The second-order valence-corrected chi connectivity index (χ2v) is 8.94. The summed E-state index contributed by atoms with van der Waals surface area (Å²) in [6, 6.07) is 12.6. The van der Waals surface area contributed by atoms with E-state index in [0.29, 0.717) is 23.2 Å². The Hall–Kier alpha value is -3.87. The number of aliphatic carboxylic acids is 1. The van der Waals surface area contributed by atoms with Crippen molar-refractivity contribution in [1.29, 1.82) is 0 Å². The molecule has 176 valence electrons. The number of carboxylic acid groups (broad SMARTS) is 1. The van der Waals surface area contributed by atoms with Crippen LogP contribution < -0.4 is 10.9 Å². The van der Waals surface area contributed by atoms with Gasteiger partial charge in [-0.05, 0) is 42.9 Å². The summed E-state index contributed by atoms with van der Waals surface area (Å²) in [6.07, 6.45) is 2.16. The van der Waals surface area contributed by atoms with Crippen molar-refractivity contribution in [1.82, 2.24) is 5.32 Å². The first kappa shape index (κ1) is 23.3. The summed E-state index contributed by atoms with van der Waals surface area (Å²) in [5.41, 5.74) is 3.62. The average molecular weight is 462 g/mol. The normalized spacial score (nSPS) is 12.4. The third-order valence-electron chi connectivity index (χ3n) is 6.01. The molecule has 0 spiro atoms. The molecule has 0 fully saturated rings. The Morgan fingerprint density at radius 1 is 1.06 bits per heavy atom. The number of fused-ring (bicyclic) bond motifs is 2. The zero-order valence-electron chi connectivity index (χ0n) is 19.4. The summed E-state index contributed by atoms with van der Waals surface area (Å²) in [4.78, 5) is 36.5. The highest BCUT2D eigenvalue weighted by Gasteiger charge is 2.22. The fourth-order valence-corrected chi connectivity index (χ4v) is 4.24. The van der Waals surface area contributed by atoms with Crippen LogP contribution in [0.25, 0.3) is 33.1 Å². The topological polar surface area (TPSA) is 110 Å². The highest BCUT2D eigenvalue weighted by atomic mass is 16.4. The van der Waals surface area contributed by atoms with Crippen molar-refractivity contribution in [2.75, 3.05) is 0 Å². The van der Waals surface area contributed by atoms with Gasteiger partial charge in [0.05, 0.1) is 6.26 Å². The maximum atomic E-state index is 12.7. The van der Waals surface area contributed by atoms with E-state index >= 15 is 0 Å². The second-order valence-electron chi connectivity index (χ2n) is 8.94. The van der Waals surface area contributed by atoms with Crippen LogP contribution in [0.5, 0.6) is 0 Å². The number of benzene rings is 2. The maximum Gasteiger partial charge on any atom is 0.339 e. The molecule has 0 radical (unpaired) electrons. The molecule has 0 bridgehead atoms. The minimum absolute atomic E-state index is 0.0117. The number of furan rings is 1. The molecular weight excluding hydrogens is 434 g/mol. The first-order valence-electron chi connectivity index (χ1n) is 11.3. The largest absolute Gasteiger partial charge is 0.480 e. The first-order valence-corrected chi connectivity index (χ1v) is 11.3. The molecule has 4 rings (SSSR count). The van der Waals surface area contributed by atoms with Crippen molar-refractivity contribution in [2.24, 2.45) is 5.92 Å². The fourth-order valence-electron chi connectivity index (χ4n) is 4.24. The lowest BCUT2D eigenvalue weighted by atomic mass is 9.98. The van der Waals surface area contributed by atoms with Crippen LogP contribution >= 0.6 is 0 Å². The van der Waals surface area contributed by atoms with Gasteiger partial charge in [0.2, 0.25) is 5.91 Å². The van der Waals surface area contributed by atoms with Gasteiger partial charge in [0.1, 0.15) is 17.2 Å². The predicted molar refractivity (Wildman–Crippen MR) is 130 cm³/mol. The van der Waals surface area contributed by atoms with E-state index in [0.717, 1.165) is 27.5 Å². The molecule has 4 aromatic rings. The van der Waals surface area contributed by atoms with E-state index < -0.39 is 23.5 Å². The SMILES string of the molecule is Cc1c(CCC(=O)N[C@@H](CC(C)C)C(=O)O)c(=O)oc2cc3occ(-c4ccccc4)c3cc12. The third-order valence-corrected chi connectivity index (χ3v) is 6.01. The van der Waals surface area contributed by atoms with Crippen LogP contribution in [0, 0.1) is 12.8 Å². The third kappa shape index (κ3) is 4.73. The van der Waals surface area contributed by atoms with Gasteiger partial charge in [-0.2, -0.15) is 0 Å². The molecule has 0 aliphatic carbocycles. The maximum absolute atomic E-state index is 12.7. The molecule has 1 amide bonds. The monoisotopic (exact) mass is 461 g/mol. The molecule has 0 unspecified atom stereocenters. The second kappa shape index (κ2) is 9.55. The van der Waals surface area contributed by atoms with Crippen LogP contribution in [0.2, 0.25) is 0 Å². The van der Waals surface area contributed by atoms with Crippen LogP contribution in [0.15, 0.2) is 62.4 Å². The quantitative estimate of drug-likeness (QED) is 0.355. The van der Waals surface area contributed by atoms with Crippen molar-refractivity contribution >= 4 is 33.8 Å². The van der Waals surface area contributed by atoms with Crippen molar-refractivity contribution in [2.45, 2.75) is 46.1 Å². The minimum atomic E-state index is -1.07. The zero-order valence-corrected chi connectivity index (χ0v) is 19.4. The number of aryl methyl sites for hydroxylation is 1. The fraction of sp³-hybridized carbons (Fsp3) is 0.296. The highest BCUT2D eigenvalue weighted by molar-refractivity contribution is 6.02. The number of carboxylic acids is 1. The Kier molecular flexibility index (Phi) is 6.54. The Morgan fingerprint density at radius 2 is 1.79 bits per heavy atom. The standard InChI is InChI=1S/C27H27NO6/c1-15(2)11-22(26(30)31)28-25(29)10-9-18-16(3)19-12-20-21(17-7-5-4-6-8-17)14-33-23(20)13-24(19)34-27(18)32/h4-8,12-15,22H,9-11H2,1-3H3,(H,28,29)(H,30,31)/t22-/m0/s1. The number of carbonyl (C=O) groups is 2. The number of rotatable bonds is 8. The molecule has 7 nitrogen and oxygen atoms in total. The van der Waals surface area contributed by atoms with Crippen molar-refractivity contribution < 1.29 is 23.5 Å². The summed E-state index contributed by atoms with van der Waals surface area (Å²) in [7, 11) is 0.